The van der Waals surface area contributed by atoms with E-state index in [1.807, 2.05) is 34.6 Å². The number of fused-ring (bicyclic) bond motifs is 2. The van der Waals surface area contributed by atoms with E-state index in [1.54, 1.807) is 20.8 Å². The fraction of sp³-hybridized carbons (Fsp3) is 0.880. The Balaban J connectivity index is 2.21. The van der Waals surface area contributed by atoms with Gasteiger partial charge in [0.25, 0.3) is 0 Å². The van der Waals surface area contributed by atoms with Gasteiger partial charge in [0, 0.05) is 6.42 Å². The molecule has 1 heterocycles. The molecule has 4 unspecified atom stereocenters. The second-order valence-corrected chi connectivity index (χ2v) is 12.9. The molecule has 0 radical (unpaired) electrons. The van der Waals surface area contributed by atoms with E-state index in [4.69, 9.17) is 14.2 Å². The minimum atomic E-state index is -1.47. The van der Waals surface area contributed by atoms with Gasteiger partial charge in [0.1, 0.15) is 11.2 Å². The fourth-order valence-electron chi connectivity index (χ4n) is 4.74. The fourth-order valence-corrected chi connectivity index (χ4v) is 4.74. The van der Waals surface area contributed by atoms with Crippen molar-refractivity contribution < 1.29 is 28.6 Å². The molecule has 0 spiro atoms. The summed E-state index contributed by atoms with van der Waals surface area (Å²) >= 11 is 0. The molecule has 31 heavy (non-hydrogen) atoms. The number of carbonyl (C=O) groups excluding carboxylic acids is 3. The van der Waals surface area contributed by atoms with Gasteiger partial charge < -0.3 is 14.2 Å². The van der Waals surface area contributed by atoms with Crippen LogP contribution in [0.1, 0.15) is 102 Å². The lowest BCUT2D eigenvalue weighted by molar-refractivity contribution is -0.217. The molecular weight excluding hydrogens is 396 g/mol. The van der Waals surface area contributed by atoms with Crippen LogP contribution < -0.4 is 0 Å². The Labute approximate surface area is 187 Å². The lowest BCUT2D eigenvalue weighted by atomic mass is 9.61. The zero-order valence-electron chi connectivity index (χ0n) is 21.4. The molecule has 2 aliphatic rings. The van der Waals surface area contributed by atoms with Crippen LogP contribution in [-0.2, 0) is 28.6 Å². The van der Waals surface area contributed by atoms with E-state index in [2.05, 4.69) is 20.8 Å². The molecule has 4 atom stereocenters. The first-order valence-corrected chi connectivity index (χ1v) is 11.4. The standard InChI is InChI=1S/C25H42O6/c1-20(2,3)15-23(9,21(4,5)6)19(28)30-22(7,8)18(27)31-24(10)13-12-16-14-25(24,11)29-17(16)26/h16H,12-15H2,1-11H3. The third-order valence-electron chi connectivity index (χ3n) is 7.53. The Morgan fingerprint density at radius 3 is 2.03 bits per heavy atom. The van der Waals surface area contributed by atoms with Crippen molar-refractivity contribution in [1.29, 1.82) is 0 Å². The number of ether oxygens (including phenoxy) is 3. The minimum Gasteiger partial charge on any atom is -0.455 e. The van der Waals surface area contributed by atoms with Crippen LogP contribution in [0.5, 0.6) is 0 Å². The van der Waals surface area contributed by atoms with Crippen molar-refractivity contribution in [2.45, 2.75) is 119 Å². The lowest BCUT2D eigenvalue weighted by Gasteiger charge is -2.46. The zero-order chi connectivity index (χ0) is 24.3. The third kappa shape index (κ3) is 4.78. The maximum Gasteiger partial charge on any atom is 0.350 e. The first-order valence-electron chi connectivity index (χ1n) is 11.4. The Morgan fingerprint density at radius 1 is 1.00 bits per heavy atom. The number of hydrogen-bond acceptors (Lipinski definition) is 6. The Morgan fingerprint density at radius 2 is 1.55 bits per heavy atom. The minimum absolute atomic E-state index is 0.0985. The summed E-state index contributed by atoms with van der Waals surface area (Å²) in [5.41, 5.74) is -4.56. The van der Waals surface area contributed by atoms with Crippen LogP contribution >= 0.6 is 0 Å². The molecule has 2 fully saturated rings. The average molecular weight is 439 g/mol. The molecule has 0 N–H and O–H groups in total. The van der Waals surface area contributed by atoms with Gasteiger partial charge in [0.15, 0.2) is 0 Å². The van der Waals surface area contributed by atoms with E-state index in [-0.39, 0.29) is 22.7 Å². The molecule has 0 aromatic rings. The van der Waals surface area contributed by atoms with Gasteiger partial charge in [0.2, 0.25) is 5.60 Å². The molecular formula is C25H42O6. The van der Waals surface area contributed by atoms with Gasteiger partial charge in [-0.05, 0) is 64.7 Å². The molecule has 2 rings (SSSR count). The average Bonchev–Trinajstić information content (AvgIpc) is 2.80. The normalized spacial score (nSPS) is 30.9. The summed E-state index contributed by atoms with van der Waals surface area (Å²) in [4.78, 5) is 38.7. The van der Waals surface area contributed by atoms with Crippen LogP contribution in [0.15, 0.2) is 0 Å². The monoisotopic (exact) mass is 438 g/mol. The molecule has 6 heteroatoms. The Bertz CT molecular complexity index is 755. The van der Waals surface area contributed by atoms with Crippen molar-refractivity contribution in [3.8, 4) is 0 Å². The third-order valence-corrected chi connectivity index (χ3v) is 7.53. The molecule has 0 aromatic carbocycles. The predicted molar refractivity (Wildman–Crippen MR) is 118 cm³/mol. The van der Waals surface area contributed by atoms with Crippen LogP contribution in [0.3, 0.4) is 0 Å². The predicted octanol–water partition coefficient (Wildman–Crippen LogP) is 5.21. The summed E-state index contributed by atoms with van der Waals surface area (Å²) in [5, 5.41) is 0. The molecule has 6 nitrogen and oxygen atoms in total. The van der Waals surface area contributed by atoms with Gasteiger partial charge in [-0.3, -0.25) is 9.59 Å². The van der Waals surface area contributed by atoms with Crippen molar-refractivity contribution in [3.63, 3.8) is 0 Å². The van der Waals surface area contributed by atoms with Crippen molar-refractivity contribution in [3.05, 3.63) is 0 Å². The highest BCUT2D eigenvalue weighted by atomic mass is 16.6. The molecule has 0 amide bonds. The molecule has 1 saturated carbocycles. The van der Waals surface area contributed by atoms with Crippen molar-refractivity contribution in [2.75, 3.05) is 0 Å². The van der Waals surface area contributed by atoms with E-state index in [9.17, 15) is 14.4 Å². The number of hydrogen-bond donors (Lipinski definition) is 0. The van der Waals surface area contributed by atoms with Crippen LogP contribution in [0, 0.1) is 22.2 Å². The van der Waals surface area contributed by atoms with Crippen LogP contribution in [0.2, 0.25) is 0 Å². The van der Waals surface area contributed by atoms with Gasteiger partial charge in [-0.2, -0.15) is 0 Å². The van der Waals surface area contributed by atoms with E-state index in [0.29, 0.717) is 25.7 Å². The second-order valence-electron chi connectivity index (χ2n) is 12.9. The lowest BCUT2D eigenvalue weighted by Crippen LogP contribution is -2.57. The molecule has 1 aliphatic carbocycles. The van der Waals surface area contributed by atoms with Gasteiger partial charge in [-0.1, -0.05) is 41.5 Å². The Kier molecular flexibility index (Phi) is 6.20. The molecule has 1 saturated heterocycles. The quantitative estimate of drug-likeness (QED) is 0.433. The molecule has 178 valence electrons. The maximum atomic E-state index is 13.4. The van der Waals surface area contributed by atoms with Crippen LogP contribution in [-0.4, -0.2) is 34.7 Å². The van der Waals surface area contributed by atoms with Crippen LogP contribution in [0.4, 0.5) is 0 Å². The SMILES string of the molecule is CC(C)(C)CC(C)(C(=O)OC(C)(C)C(=O)OC1(C)CCC2CC1(C)OC2=O)C(C)(C)C. The van der Waals surface area contributed by atoms with Gasteiger partial charge in [-0.25, -0.2) is 4.79 Å². The van der Waals surface area contributed by atoms with E-state index < -0.39 is 34.2 Å². The maximum absolute atomic E-state index is 13.4. The first kappa shape index (κ1) is 25.7. The summed E-state index contributed by atoms with van der Waals surface area (Å²) in [7, 11) is 0. The van der Waals surface area contributed by atoms with Crippen molar-refractivity contribution in [1.82, 2.24) is 0 Å². The number of carbonyl (C=O) groups is 3. The summed E-state index contributed by atoms with van der Waals surface area (Å²) < 4.78 is 17.4. The highest BCUT2D eigenvalue weighted by Gasteiger charge is 2.61. The van der Waals surface area contributed by atoms with Crippen molar-refractivity contribution >= 4 is 17.9 Å². The van der Waals surface area contributed by atoms with E-state index in [0.717, 1.165) is 0 Å². The van der Waals surface area contributed by atoms with Crippen LogP contribution in [0.25, 0.3) is 0 Å². The smallest absolute Gasteiger partial charge is 0.350 e. The van der Waals surface area contributed by atoms with Crippen molar-refractivity contribution in [2.24, 2.45) is 22.2 Å². The highest BCUT2D eigenvalue weighted by molar-refractivity contribution is 5.85. The summed E-state index contributed by atoms with van der Waals surface area (Å²) in [6.07, 6.45) is 2.29. The molecule has 2 bridgehead atoms. The van der Waals surface area contributed by atoms with E-state index >= 15 is 0 Å². The number of rotatable bonds is 5. The first-order chi connectivity index (χ1) is 13.7. The summed E-state index contributed by atoms with van der Waals surface area (Å²) in [5.74, 6) is -1.40. The van der Waals surface area contributed by atoms with Gasteiger partial charge in [-0.15, -0.1) is 0 Å². The van der Waals surface area contributed by atoms with Gasteiger partial charge in [0.05, 0.1) is 11.3 Å². The largest absolute Gasteiger partial charge is 0.455 e. The molecule has 1 aliphatic heterocycles. The summed E-state index contributed by atoms with van der Waals surface area (Å²) in [6.45, 7) is 21.0. The van der Waals surface area contributed by atoms with E-state index in [1.165, 1.54) is 0 Å². The van der Waals surface area contributed by atoms with Gasteiger partial charge >= 0.3 is 17.9 Å². The topological polar surface area (TPSA) is 78.9 Å². The zero-order valence-corrected chi connectivity index (χ0v) is 21.4. The second kappa shape index (κ2) is 7.48. The molecule has 0 aromatic heterocycles. The summed E-state index contributed by atoms with van der Waals surface area (Å²) in [6, 6.07) is 0. The Hall–Kier alpha value is -1.59. The number of esters is 3. The highest BCUT2D eigenvalue weighted by Crippen LogP contribution is 2.51.